The Morgan fingerprint density at radius 3 is 2.76 bits per heavy atom. The van der Waals surface area contributed by atoms with Crippen LogP contribution < -0.4 is 5.32 Å². The van der Waals surface area contributed by atoms with Crippen molar-refractivity contribution >= 4 is 5.91 Å². The van der Waals surface area contributed by atoms with E-state index >= 15 is 0 Å². The zero-order chi connectivity index (χ0) is 12.1. The molecule has 4 nitrogen and oxygen atoms in total. The van der Waals surface area contributed by atoms with E-state index in [1.807, 2.05) is 12.1 Å². The van der Waals surface area contributed by atoms with Gasteiger partial charge in [0.2, 0.25) is 5.91 Å². The monoisotopic (exact) mass is 234 g/mol. The summed E-state index contributed by atoms with van der Waals surface area (Å²) < 4.78 is 0. The molecule has 1 amide bonds. The van der Waals surface area contributed by atoms with E-state index in [4.69, 9.17) is 0 Å². The molecular formula is C13H18N2O2. The first-order valence-corrected chi connectivity index (χ1v) is 6.12. The van der Waals surface area contributed by atoms with Gasteiger partial charge in [-0.3, -0.25) is 9.78 Å². The van der Waals surface area contributed by atoms with Crippen LogP contribution in [-0.2, 0) is 11.2 Å². The maximum absolute atomic E-state index is 11.8. The highest BCUT2D eigenvalue weighted by Crippen LogP contribution is 2.18. The van der Waals surface area contributed by atoms with Gasteiger partial charge in [-0.05, 0) is 30.5 Å². The average molecular weight is 234 g/mol. The number of aromatic nitrogens is 1. The summed E-state index contributed by atoms with van der Waals surface area (Å²) >= 11 is 0. The van der Waals surface area contributed by atoms with Crippen LogP contribution in [0.1, 0.15) is 31.2 Å². The summed E-state index contributed by atoms with van der Waals surface area (Å²) in [6.07, 6.45) is 7.13. The van der Waals surface area contributed by atoms with Gasteiger partial charge in [0, 0.05) is 12.4 Å². The lowest BCUT2D eigenvalue weighted by Gasteiger charge is -2.28. The smallest absolute Gasteiger partial charge is 0.224 e. The van der Waals surface area contributed by atoms with Gasteiger partial charge in [-0.15, -0.1) is 0 Å². The first kappa shape index (κ1) is 12.0. The fraction of sp³-hybridized carbons (Fsp3) is 0.538. The van der Waals surface area contributed by atoms with Crippen LogP contribution in [0, 0.1) is 0 Å². The van der Waals surface area contributed by atoms with E-state index in [1.165, 1.54) is 0 Å². The van der Waals surface area contributed by atoms with Crippen molar-refractivity contribution in [1.29, 1.82) is 0 Å². The number of hydrogen-bond donors (Lipinski definition) is 2. The minimum atomic E-state index is -0.384. The molecule has 1 heterocycles. The van der Waals surface area contributed by atoms with E-state index in [0.717, 1.165) is 31.2 Å². The number of nitrogens with zero attached hydrogens (tertiary/aromatic N) is 1. The first-order chi connectivity index (χ1) is 8.25. The van der Waals surface area contributed by atoms with Crippen molar-refractivity contribution in [2.75, 3.05) is 0 Å². The molecule has 0 radical (unpaired) electrons. The average Bonchev–Trinajstić information content (AvgIpc) is 2.33. The van der Waals surface area contributed by atoms with Crippen molar-refractivity contribution in [2.24, 2.45) is 0 Å². The Morgan fingerprint density at radius 2 is 2.06 bits per heavy atom. The molecular weight excluding hydrogens is 216 g/mol. The topological polar surface area (TPSA) is 62.2 Å². The molecule has 1 aromatic rings. The van der Waals surface area contributed by atoms with E-state index in [1.54, 1.807) is 12.4 Å². The van der Waals surface area contributed by atoms with Gasteiger partial charge < -0.3 is 10.4 Å². The third-order valence-corrected chi connectivity index (χ3v) is 3.19. The number of carbonyl (C=O) groups excluding carboxylic acids is 1. The molecule has 0 spiro atoms. The molecule has 92 valence electrons. The van der Waals surface area contributed by atoms with Crippen molar-refractivity contribution in [1.82, 2.24) is 10.3 Å². The fourth-order valence-electron chi connectivity index (χ4n) is 2.22. The molecule has 0 unspecified atom stereocenters. The molecule has 17 heavy (non-hydrogen) atoms. The zero-order valence-corrected chi connectivity index (χ0v) is 9.80. The lowest BCUT2D eigenvalue weighted by molar-refractivity contribution is -0.122. The molecule has 0 saturated heterocycles. The van der Waals surface area contributed by atoms with Gasteiger partial charge in [0.1, 0.15) is 0 Å². The molecule has 1 aromatic heterocycles. The Bertz CT molecular complexity index is 367. The second-order valence-electron chi connectivity index (χ2n) is 4.56. The number of carbonyl (C=O) groups is 1. The highest BCUT2D eigenvalue weighted by molar-refractivity contribution is 5.78. The van der Waals surface area contributed by atoms with E-state index in [0.29, 0.717) is 6.42 Å². The largest absolute Gasteiger partial charge is 0.391 e. The highest BCUT2D eigenvalue weighted by atomic mass is 16.3. The van der Waals surface area contributed by atoms with Gasteiger partial charge in [-0.1, -0.05) is 12.8 Å². The van der Waals surface area contributed by atoms with Crippen LogP contribution in [0.15, 0.2) is 24.5 Å². The number of hydrogen-bond acceptors (Lipinski definition) is 3. The van der Waals surface area contributed by atoms with Crippen molar-refractivity contribution in [3.8, 4) is 0 Å². The summed E-state index contributed by atoms with van der Waals surface area (Å²) in [6, 6.07) is 3.59. The number of pyridine rings is 1. The Labute approximate surface area is 101 Å². The minimum Gasteiger partial charge on any atom is -0.391 e. The standard InChI is InChI=1S/C13H18N2O2/c16-12-4-2-1-3-11(12)15-13(17)9-10-5-7-14-8-6-10/h5-8,11-12,16H,1-4,9H2,(H,15,17)/t11-,12-/m0/s1. The van der Waals surface area contributed by atoms with E-state index in [-0.39, 0.29) is 18.1 Å². The first-order valence-electron chi connectivity index (χ1n) is 6.12. The molecule has 2 rings (SSSR count). The van der Waals surface area contributed by atoms with Crippen LogP contribution >= 0.6 is 0 Å². The SMILES string of the molecule is O=C(Cc1ccncc1)N[C@H]1CCCC[C@@H]1O. The van der Waals surface area contributed by atoms with Gasteiger partial charge in [0.25, 0.3) is 0 Å². The van der Waals surface area contributed by atoms with Crippen LogP contribution in [-0.4, -0.2) is 28.1 Å². The van der Waals surface area contributed by atoms with Crippen molar-refractivity contribution in [3.05, 3.63) is 30.1 Å². The maximum Gasteiger partial charge on any atom is 0.224 e. The molecule has 0 bridgehead atoms. The molecule has 0 aliphatic heterocycles. The number of rotatable bonds is 3. The molecule has 2 N–H and O–H groups in total. The number of aliphatic hydroxyl groups is 1. The zero-order valence-electron chi connectivity index (χ0n) is 9.80. The van der Waals surface area contributed by atoms with Crippen molar-refractivity contribution < 1.29 is 9.90 Å². The van der Waals surface area contributed by atoms with Crippen molar-refractivity contribution in [2.45, 2.75) is 44.2 Å². The second kappa shape index (κ2) is 5.77. The van der Waals surface area contributed by atoms with Gasteiger partial charge >= 0.3 is 0 Å². The molecule has 1 saturated carbocycles. The predicted octanol–water partition coefficient (Wildman–Crippen LogP) is 1.04. The van der Waals surface area contributed by atoms with E-state index in [2.05, 4.69) is 10.3 Å². The van der Waals surface area contributed by atoms with Crippen LogP contribution in [0.3, 0.4) is 0 Å². The summed E-state index contributed by atoms with van der Waals surface area (Å²) in [4.78, 5) is 15.7. The summed E-state index contributed by atoms with van der Waals surface area (Å²) in [5.41, 5.74) is 0.947. The predicted molar refractivity (Wildman–Crippen MR) is 64.3 cm³/mol. The molecule has 2 atom stereocenters. The lowest BCUT2D eigenvalue weighted by Crippen LogP contribution is -2.45. The normalized spacial score (nSPS) is 24.3. The van der Waals surface area contributed by atoms with Crippen molar-refractivity contribution in [3.63, 3.8) is 0 Å². The van der Waals surface area contributed by atoms with Gasteiger partial charge in [-0.2, -0.15) is 0 Å². The Morgan fingerprint density at radius 1 is 1.35 bits per heavy atom. The van der Waals surface area contributed by atoms with E-state index in [9.17, 15) is 9.90 Å². The summed E-state index contributed by atoms with van der Waals surface area (Å²) in [7, 11) is 0. The van der Waals surface area contributed by atoms with Gasteiger partial charge in [0.15, 0.2) is 0 Å². The van der Waals surface area contributed by atoms with Gasteiger partial charge in [0.05, 0.1) is 18.6 Å². The van der Waals surface area contributed by atoms with Crippen LogP contribution in [0.4, 0.5) is 0 Å². The summed E-state index contributed by atoms with van der Waals surface area (Å²) in [5, 5.41) is 12.7. The lowest BCUT2D eigenvalue weighted by atomic mass is 9.92. The molecule has 4 heteroatoms. The van der Waals surface area contributed by atoms with Crippen LogP contribution in [0.2, 0.25) is 0 Å². The number of amides is 1. The van der Waals surface area contributed by atoms with Crippen LogP contribution in [0.25, 0.3) is 0 Å². The van der Waals surface area contributed by atoms with E-state index < -0.39 is 0 Å². The fourth-order valence-corrected chi connectivity index (χ4v) is 2.22. The highest BCUT2D eigenvalue weighted by Gasteiger charge is 2.24. The van der Waals surface area contributed by atoms with Gasteiger partial charge in [-0.25, -0.2) is 0 Å². The molecule has 1 aliphatic rings. The third-order valence-electron chi connectivity index (χ3n) is 3.19. The quantitative estimate of drug-likeness (QED) is 0.821. The molecule has 0 aromatic carbocycles. The molecule has 1 aliphatic carbocycles. The van der Waals surface area contributed by atoms with Crippen LogP contribution in [0.5, 0.6) is 0 Å². The number of aliphatic hydroxyl groups excluding tert-OH is 1. The Hall–Kier alpha value is -1.42. The Balaban J connectivity index is 1.84. The summed E-state index contributed by atoms with van der Waals surface area (Å²) in [5.74, 6) is -0.0258. The molecule has 1 fully saturated rings. The maximum atomic E-state index is 11.8. The second-order valence-corrected chi connectivity index (χ2v) is 4.56. The number of nitrogens with one attached hydrogen (secondary N) is 1. The third kappa shape index (κ3) is 3.53. The Kier molecular flexibility index (Phi) is 4.09. The summed E-state index contributed by atoms with van der Waals surface area (Å²) in [6.45, 7) is 0. The minimum absolute atomic E-state index is 0.0258.